The van der Waals surface area contributed by atoms with Crippen LogP contribution < -0.4 is 10.1 Å². The molecule has 134 valence electrons. The van der Waals surface area contributed by atoms with E-state index in [9.17, 15) is 4.79 Å². The van der Waals surface area contributed by atoms with Gasteiger partial charge < -0.3 is 9.64 Å². The van der Waals surface area contributed by atoms with Gasteiger partial charge in [0.2, 0.25) is 0 Å². The average Bonchev–Trinajstić information content (AvgIpc) is 2.65. The minimum atomic E-state index is -0.223. The van der Waals surface area contributed by atoms with Crippen molar-refractivity contribution in [3.63, 3.8) is 0 Å². The van der Waals surface area contributed by atoms with Crippen molar-refractivity contribution in [2.24, 2.45) is 0 Å². The van der Waals surface area contributed by atoms with E-state index >= 15 is 0 Å². The molecule has 1 aliphatic heterocycles. The lowest BCUT2D eigenvalue weighted by Gasteiger charge is -2.35. The van der Waals surface area contributed by atoms with Crippen LogP contribution in [-0.4, -0.2) is 60.2 Å². The summed E-state index contributed by atoms with van der Waals surface area (Å²) < 4.78 is 5.56. The fraction of sp³-hybridized carbons (Fsp3) is 0.500. The fourth-order valence-corrected chi connectivity index (χ4v) is 2.85. The van der Waals surface area contributed by atoms with Crippen LogP contribution in [0.2, 0.25) is 0 Å². The topological polar surface area (TPSA) is 68.6 Å². The van der Waals surface area contributed by atoms with E-state index in [1.807, 2.05) is 17.9 Å². The maximum absolute atomic E-state index is 12.4. The molecule has 0 bridgehead atoms. The molecular weight excluding hydrogens is 336 g/mol. The molecule has 0 atom stereocenters. The monoisotopic (exact) mass is 360 g/mol. The summed E-state index contributed by atoms with van der Waals surface area (Å²) in [7, 11) is 0. The molecule has 1 aromatic carbocycles. The summed E-state index contributed by atoms with van der Waals surface area (Å²) in [5.41, 5.74) is 0.531. The summed E-state index contributed by atoms with van der Waals surface area (Å²) in [4.78, 5) is 16.6. The number of hydrogen-bond acceptors (Lipinski definition) is 5. The maximum atomic E-state index is 12.4. The molecule has 0 radical (unpaired) electrons. The lowest BCUT2D eigenvalue weighted by Crippen LogP contribution is -2.52. The van der Waals surface area contributed by atoms with E-state index < -0.39 is 0 Å². The Hall–Kier alpha value is -2.17. The molecule has 0 aliphatic carbocycles. The number of benzene rings is 1. The molecule has 0 aromatic heterocycles. The first kappa shape index (κ1) is 19.2. The number of rotatable bonds is 6. The van der Waals surface area contributed by atoms with Crippen molar-refractivity contribution in [3.8, 4) is 11.8 Å². The van der Waals surface area contributed by atoms with E-state index in [0.29, 0.717) is 29.5 Å². The van der Waals surface area contributed by atoms with Crippen LogP contribution in [0.1, 0.15) is 30.1 Å². The Balaban J connectivity index is 1.84. The Bertz CT molecular complexity index is 636. The van der Waals surface area contributed by atoms with Gasteiger partial charge in [0.1, 0.15) is 5.75 Å². The number of carbonyl (C=O) groups is 1. The Morgan fingerprint density at radius 2 is 2.12 bits per heavy atom. The molecular formula is C18H24N4O2S. The molecule has 6 nitrogen and oxygen atoms in total. The number of piperazine rings is 1. The number of nitriles is 1. The van der Waals surface area contributed by atoms with Gasteiger partial charge in [-0.2, -0.15) is 5.26 Å². The van der Waals surface area contributed by atoms with Gasteiger partial charge >= 0.3 is 0 Å². The summed E-state index contributed by atoms with van der Waals surface area (Å²) >= 11 is 5.37. The smallest absolute Gasteiger partial charge is 0.257 e. The van der Waals surface area contributed by atoms with Gasteiger partial charge in [-0.05, 0) is 36.8 Å². The summed E-state index contributed by atoms with van der Waals surface area (Å²) in [5.74, 6) is 0.463. The number of ether oxygens (including phenoxy) is 1. The number of carbonyl (C=O) groups excluding carboxylic acids is 1. The summed E-state index contributed by atoms with van der Waals surface area (Å²) in [5, 5.41) is 11.9. The van der Waals surface area contributed by atoms with Crippen LogP contribution in [0.25, 0.3) is 0 Å². The van der Waals surface area contributed by atoms with E-state index in [-0.39, 0.29) is 5.91 Å². The molecule has 0 saturated carbocycles. The van der Waals surface area contributed by atoms with Crippen molar-refractivity contribution in [1.82, 2.24) is 15.1 Å². The Labute approximate surface area is 154 Å². The molecule has 1 amide bonds. The third-order valence-corrected chi connectivity index (χ3v) is 4.35. The van der Waals surface area contributed by atoms with Gasteiger partial charge in [0.05, 0.1) is 12.7 Å². The lowest BCUT2D eigenvalue weighted by molar-refractivity contribution is 0.0969. The molecule has 1 aliphatic rings. The highest BCUT2D eigenvalue weighted by Gasteiger charge is 2.20. The molecule has 1 heterocycles. The minimum Gasteiger partial charge on any atom is -0.494 e. The van der Waals surface area contributed by atoms with E-state index in [1.54, 1.807) is 18.2 Å². The first-order valence-electron chi connectivity index (χ1n) is 8.56. The number of nitrogens with zero attached hydrogens (tertiary/aromatic N) is 3. The minimum absolute atomic E-state index is 0.223. The second-order valence-electron chi connectivity index (χ2n) is 5.87. The lowest BCUT2D eigenvalue weighted by atomic mass is 10.2. The van der Waals surface area contributed by atoms with Crippen LogP contribution >= 0.6 is 12.2 Å². The Morgan fingerprint density at radius 3 is 2.80 bits per heavy atom. The van der Waals surface area contributed by atoms with E-state index in [2.05, 4.69) is 16.3 Å². The van der Waals surface area contributed by atoms with Crippen molar-refractivity contribution in [2.45, 2.75) is 19.8 Å². The van der Waals surface area contributed by atoms with E-state index in [0.717, 1.165) is 39.1 Å². The van der Waals surface area contributed by atoms with Gasteiger partial charge in [0.15, 0.2) is 5.11 Å². The molecule has 25 heavy (non-hydrogen) atoms. The highest BCUT2D eigenvalue weighted by molar-refractivity contribution is 7.80. The largest absolute Gasteiger partial charge is 0.494 e. The summed E-state index contributed by atoms with van der Waals surface area (Å²) in [6.07, 6.45) is 1.46. The summed E-state index contributed by atoms with van der Waals surface area (Å²) in [6.45, 7) is 6.65. The SMILES string of the molecule is CCCOc1cccc(C(=O)NC(=S)N2CCN(CCC#N)CC2)c1. The van der Waals surface area contributed by atoms with Crippen molar-refractivity contribution in [1.29, 1.82) is 5.26 Å². The van der Waals surface area contributed by atoms with Crippen LogP contribution in [0.4, 0.5) is 0 Å². The predicted octanol–water partition coefficient (Wildman–Crippen LogP) is 2.02. The standard InChI is InChI=1S/C18H24N4O2S/c1-2-13-24-16-6-3-5-15(14-16)17(23)20-18(25)22-11-9-21(10-12-22)8-4-7-19/h3,5-6,14H,2,4,8-13H2,1H3,(H,20,23,25). The zero-order chi connectivity index (χ0) is 18.1. The van der Waals surface area contributed by atoms with Gasteiger partial charge in [-0.3, -0.25) is 15.0 Å². The molecule has 7 heteroatoms. The van der Waals surface area contributed by atoms with Gasteiger partial charge in [0, 0.05) is 44.7 Å². The Kier molecular flexibility index (Phi) is 7.64. The highest BCUT2D eigenvalue weighted by atomic mass is 32.1. The molecule has 1 aromatic rings. The second-order valence-corrected chi connectivity index (χ2v) is 6.26. The first-order chi connectivity index (χ1) is 12.1. The zero-order valence-electron chi connectivity index (χ0n) is 14.5. The molecule has 0 spiro atoms. The molecule has 1 N–H and O–H groups in total. The van der Waals surface area contributed by atoms with Crippen molar-refractivity contribution in [2.75, 3.05) is 39.3 Å². The van der Waals surface area contributed by atoms with Crippen LogP contribution in [-0.2, 0) is 0 Å². The van der Waals surface area contributed by atoms with E-state index in [1.165, 1.54) is 0 Å². The van der Waals surface area contributed by atoms with Crippen LogP contribution in [0, 0.1) is 11.3 Å². The third-order valence-electron chi connectivity index (χ3n) is 3.99. The Morgan fingerprint density at radius 1 is 1.36 bits per heavy atom. The van der Waals surface area contributed by atoms with Crippen LogP contribution in [0.3, 0.4) is 0 Å². The predicted molar refractivity (Wildman–Crippen MR) is 101 cm³/mol. The maximum Gasteiger partial charge on any atom is 0.257 e. The van der Waals surface area contributed by atoms with E-state index in [4.69, 9.17) is 22.2 Å². The van der Waals surface area contributed by atoms with Crippen LogP contribution in [0.5, 0.6) is 5.75 Å². The average molecular weight is 360 g/mol. The zero-order valence-corrected chi connectivity index (χ0v) is 15.3. The quantitative estimate of drug-likeness (QED) is 0.783. The van der Waals surface area contributed by atoms with Crippen molar-refractivity contribution < 1.29 is 9.53 Å². The number of hydrogen-bond donors (Lipinski definition) is 1. The number of nitrogens with one attached hydrogen (secondary N) is 1. The summed E-state index contributed by atoms with van der Waals surface area (Å²) in [6, 6.07) is 9.28. The third kappa shape index (κ3) is 6.00. The van der Waals surface area contributed by atoms with Crippen LogP contribution in [0.15, 0.2) is 24.3 Å². The molecule has 2 rings (SSSR count). The van der Waals surface area contributed by atoms with Crippen molar-refractivity contribution >= 4 is 23.2 Å². The molecule has 0 unspecified atom stereocenters. The van der Waals surface area contributed by atoms with Gasteiger partial charge in [-0.15, -0.1) is 0 Å². The van der Waals surface area contributed by atoms with Crippen molar-refractivity contribution in [3.05, 3.63) is 29.8 Å². The van der Waals surface area contributed by atoms with Gasteiger partial charge in [-0.25, -0.2) is 0 Å². The highest BCUT2D eigenvalue weighted by Crippen LogP contribution is 2.14. The van der Waals surface area contributed by atoms with Gasteiger partial charge in [0.25, 0.3) is 5.91 Å². The normalized spacial score (nSPS) is 14.6. The molecule has 1 saturated heterocycles. The first-order valence-corrected chi connectivity index (χ1v) is 8.97. The second kappa shape index (κ2) is 9.97. The number of amides is 1. The fourth-order valence-electron chi connectivity index (χ4n) is 2.58. The van der Waals surface area contributed by atoms with Gasteiger partial charge in [-0.1, -0.05) is 13.0 Å². The molecule has 1 fully saturated rings. The number of thiocarbonyl (C=S) groups is 1.